The Morgan fingerprint density at radius 3 is 2.50 bits per heavy atom. The topological polar surface area (TPSA) is 50.9 Å². The molecule has 1 N–H and O–H groups in total. The van der Waals surface area contributed by atoms with Gasteiger partial charge in [0.25, 0.3) is 0 Å². The first-order valence-electron chi connectivity index (χ1n) is 3.60. The molecule has 0 bridgehead atoms. The van der Waals surface area contributed by atoms with Crippen molar-refractivity contribution >= 4 is 5.90 Å². The second kappa shape index (κ2) is 3.32. The van der Waals surface area contributed by atoms with Crippen molar-refractivity contribution in [2.24, 2.45) is 7.05 Å². The van der Waals surface area contributed by atoms with Gasteiger partial charge in [-0.3, -0.25) is 10.1 Å². The number of hydrogen-bond acceptors (Lipinski definition) is 3. The predicted octanol–water partition coefficient (Wildman–Crippen LogP) is 1.41. The summed E-state index contributed by atoms with van der Waals surface area (Å²) in [5, 5.41) is 10.4. The molecular weight excluding hydrogens is 199 g/mol. The molecule has 0 saturated heterocycles. The highest BCUT2D eigenvalue weighted by Gasteiger charge is 2.35. The summed E-state index contributed by atoms with van der Waals surface area (Å²) in [6.07, 6.45) is -4.50. The van der Waals surface area contributed by atoms with Gasteiger partial charge in [0.1, 0.15) is 5.69 Å². The first-order chi connectivity index (χ1) is 6.36. The number of methoxy groups -OCH3 is 1. The second-order valence-electron chi connectivity index (χ2n) is 2.57. The average molecular weight is 207 g/mol. The van der Waals surface area contributed by atoms with Crippen molar-refractivity contribution in [1.29, 1.82) is 5.41 Å². The van der Waals surface area contributed by atoms with Crippen LogP contribution < -0.4 is 0 Å². The summed E-state index contributed by atoms with van der Waals surface area (Å²) in [6.45, 7) is 0. The van der Waals surface area contributed by atoms with E-state index >= 15 is 0 Å². The number of aromatic nitrogens is 2. The third kappa shape index (κ3) is 1.86. The number of rotatable bonds is 1. The van der Waals surface area contributed by atoms with Crippen molar-refractivity contribution in [3.63, 3.8) is 0 Å². The fourth-order valence-electron chi connectivity index (χ4n) is 0.923. The van der Waals surface area contributed by atoms with Gasteiger partial charge in [0, 0.05) is 13.1 Å². The Morgan fingerprint density at radius 1 is 1.57 bits per heavy atom. The minimum Gasteiger partial charge on any atom is -0.480 e. The van der Waals surface area contributed by atoms with E-state index in [9.17, 15) is 13.2 Å². The molecule has 0 unspecified atom stereocenters. The van der Waals surface area contributed by atoms with Crippen LogP contribution in [0.5, 0.6) is 0 Å². The Bertz CT molecular complexity index is 356. The summed E-state index contributed by atoms with van der Waals surface area (Å²) < 4.78 is 41.9. The summed E-state index contributed by atoms with van der Waals surface area (Å²) in [5.41, 5.74) is -1.04. The maximum absolute atomic E-state index is 12.2. The van der Waals surface area contributed by atoms with Gasteiger partial charge in [-0.15, -0.1) is 0 Å². The first-order valence-corrected chi connectivity index (χ1v) is 3.60. The maximum atomic E-state index is 12.2. The Balaban J connectivity index is 3.12. The van der Waals surface area contributed by atoms with E-state index in [1.807, 2.05) is 0 Å². The lowest BCUT2D eigenvalue weighted by atomic mass is 10.3. The standard InChI is InChI=1S/C7H8F3N3O/c1-13-4(6(11)14-2)3-5(12-13)7(8,9)10/h3,11H,1-2H3. The third-order valence-corrected chi connectivity index (χ3v) is 1.61. The molecular formula is C7H8F3N3O. The molecule has 0 aliphatic carbocycles. The maximum Gasteiger partial charge on any atom is 0.435 e. The number of alkyl halides is 3. The Hall–Kier alpha value is -1.53. The molecule has 0 amide bonds. The average Bonchev–Trinajstić information content (AvgIpc) is 2.45. The number of hydrogen-bond donors (Lipinski definition) is 1. The zero-order valence-electron chi connectivity index (χ0n) is 7.51. The molecule has 14 heavy (non-hydrogen) atoms. The highest BCUT2D eigenvalue weighted by atomic mass is 19.4. The van der Waals surface area contributed by atoms with Crippen LogP contribution in [0.1, 0.15) is 11.4 Å². The minimum atomic E-state index is -4.50. The molecule has 7 heteroatoms. The highest BCUT2D eigenvalue weighted by Crippen LogP contribution is 2.28. The number of nitrogens with one attached hydrogen (secondary N) is 1. The van der Waals surface area contributed by atoms with E-state index in [-0.39, 0.29) is 11.6 Å². The Labute approximate surface area is 77.8 Å². The Morgan fingerprint density at radius 2 is 2.14 bits per heavy atom. The quantitative estimate of drug-likeness (QED) is 0.559. The predicted molar refractivity (Wildman–Crippen MR) is 42.0 cm³/mol. The van der Waals surface area contributed by atoms with Crippen molar-refractivity contribution in [3.05, 3.63) is 17.5 Å². The third-order valence-electron chi connectivity index (χ3n) is 1.61. The largest absolute Gasteiger partial charge is 0.480 e. The molecule has 0 atom stereocenters. The molecule has 1 aromatic rings. The summed E-state index contributed by atoms with van der Waals surface area (Å²) in [4.78, 5) is 0. The summed E-state index contributed by atoms with van der Waals surface area (Å²) in [6, 6.07) is 0.770. The fourth-order valence-corrected chi connectivity index (χ4v) is 0.923. The zero-order chi connectivity index (χ0) is 10.9. The van der Waals surface area contributed by atoms with E-state index in [0.29, 0.717) is 0 Å². The molecule has 4 nitrogen and oxygen atoms in total. The lowest BCUT2D eigenvalue weighted by Crippen LogP contribution is -2.08. The number of nitrogens with zero attached hydrogens (tertiary/aromatic N) is 2. The van der Waals surface area contributed by atoms with Crippen LogP contribution >= 0.6 is 0 Å². The van der Waals surface area contributed by atoms with Gasteiger partial charge in [0.05, 0.1) is 7.11 Å². The minimum absolute atomic E-state index is 0.0141. The van der Waals surface area contributed by atoms with Crippen LogP contribution in [0.2, 0.25) is 0 Å². The van der Waals surface area contributed by atoms with Crippen LogP contribution in [0.25, 0.3) is 0 Å². The lowest BCUT2D eigenvalue weighted by molar-refractivity contribution is -0.141. The van der Waals surface area contributed by atoms with Gasteiger partial charge in [-0.25, -0.2) is 0 Å². The monoisotopic (exact) mass is 207 g/mol. The van der Waals surface area contributed by atoms with E-state index in [1.54, 1.807) is 0 Å². The van der Waals surface area contributed by atoms with Crippen molar-refractivity contribution in [2.45, 2.75) is 6.18 Å². The molecule has 0 fully saturated rings. The van der Waals surface area contributed by atoms with Gasteiger partial charge in [-0.1, -0.05) is 0 Å². The van der Waals surface area contributed by atoms with Crippen molar-refractivity contribution in [1.82, 2.24) is 9.78 Å². The SMILES string of the molecule is COC(=N)c1cc(C(F)(F)F)nn1C. The van der Waals surface area contributed by atoms with Crippen LogP contribution in [0, 0.1) is 5.41 Å². The Kier molecular flexibility index (Phi) is 2.50. The van der Waals surface area contributed by atoms with Gasteiger partial charge in [-0.05, 0) is 0 Å². The van der Waals surface area contributed by atoms with Gasteiger partial charge < -0.3 is 4.74 Å². The van der Waals surface area contributed by atoms with E-state index in [1.165, 1.54) is 14.2 Å². The summed E-state index contributed by atoms with van der Waals surface area (Å²) >= 11 is 0. The fraction of sp³-hybridized carbons (Fsp3) is 0.429. The molecule has 0 aromatic carbocycles. The molecule has 0 aliphatic rings. The zero-order valence-corrected chi connectivity index (χ0v) is 7.51. The molecule has 1 heterocycles. The van der Waals surface area contributed by atoms with E-state index < -0.39 is 11.9 Å². The van der Waals surface area contributed by atoms with Gasteiger partial charge in [0.15, 0.2) is 5.69 Å². The van der Waals surface area contributed by atoms with Crippen molar-refractivity contribution in [2.75, 3.05) is 7.11 Å². The molecule has 0 saturated carbocycles. The smallest absolute Gasteiger partial charge is 0.435 e. The van der Waals surface area contributed by atoms with Crippen LogP contribution in [-0.4, -0.2) is 22.8 Å². The van der Waals surface area contributed by atoms with Crippen molar-refractivity contribution in [3.8, 4) is 0 Å². The van der Waals surface area contributed by atoms with E-state index in [4.69, 9.17) is 5.41 Å². The van der Waals surface area contributed by atoms with Crippen LogP contribution in [-0.2, 0) is 18.0 Å². The van der Waals surface area contributed by atoms with Gasteiger partial charge in [0.2, 0.25) is 5.90 Å². The number of ether oxygens (including phenoxy) is 1. The molecule has 0 spiro atoms. The van der Waals surface area contributed by atoms with E-state index in [2.05, 4.69) is 9.84 Å². The van der Waals surface area contributed by atoms with Crippen LogP contribution in [0.4, 0.5) is 13.2 Å². The lowest BCUT2D eigenvalue weighted by Gasteiger charge is -2.00. The van der Waals surface area contributed by atoms with E-state index in [0.717, 1.165) is 10.7 Å². The van der Waals surface area contributed by atoms with Crippen molar-refractivity contribution < 1.29 is 17.9 Å². The molecule has 1 aromatic heterocycles. The normalized spacial score (nSPS) is 11.5. The molecule has 0 aliphatic heterocycles. The molecule has 0 radical (unpaired) electrons. The van der Waals surface area contributed by atoms with Crippen LogP contribution in [0.15, 0.2) is 6.07 Å². The first kappa shape index (κ1) is 10.6. The second-order valence-corrected chi connectivity index (χ2v) is 2.57. The summed E-state index contributed by atoms with van der Waals surface area (Å²) in [5.74, 6) is -0.351. The molecule has 1 rings (SSSR count). The van der Waals surface area contributed by atoms with Crippen LogP contribution in [0.3, 0.4) is 0 Å². The summed E-state index contributed by atoms with van der Waals surface area (Å²) in [7, 11) is 2.53. The number of halogens is 3. The number of aryl methyl sites for hydroxylation is 1. The van der Waals surface area contributed by atoms with Gasteiger partial charge in [-0.2, -0.15) is 18.3 Å². The highest BCUT2D eigenvalue weighted by molar-refractivity contribution is 5.89. The van der Waals surface area contributed by atoms with Gasteiger partial charge >= 0.3 is 6.18 Å². The molecule has 78 valence electrons.